The molecule has 146 valence electrons. The molecule has 0 aliphatic carbocycles. The molecule has 1 aliphatic rings. The lowest BCUT2D eigenvalue weighted by Gasteiger charge is -2.28. The first-order chi connectivity index (χ1) is 12.8. The van der Waals surface area contributed by atoms with Crippen molar-refractivity contribution in [3.8, 4) is 0 Å². The molecular weight excluding hydrogens is 377 g/mol. The molecule has 2 aromatic rings. The Morgan fingerprint density at radius 3 is 2.74 bits per heavy atom. The van der Waals surface area contributed by atoms with Crippen molar-refractivity contribution < 1.29 is 22.1 Å². The number of halogens is 1. The highest BCUT2D eigenvalue weighted by molar-refractivity contribution is 7.88. The molecule has 11 heteroatoms. The van der Waals surface area contributed by atoms with Gasteiger partial charge in [0.15, 0.2) is 5.82 Å². The zero-order chi connectivity index (χ0) is 19.4. The van der Waals surface area contributed by atoms with Crippen molar-refractivity contribution in [3.05, 3.63) is 41.6 Å². The molecule has 0 aromatic carbocycles. The number of amides is 1. The Labute approximate surface area is 156 Å². The van der Waals surface area contributed by atoms with E-state index in [0.29, 0.717) is 44.1 Å². The number of hydrogen-bond donors (Lipinski definition) is 1. The number of nitrogens with zero attached hydrogens (tertiary/aromatic N) is 4. The molecule has 3 rings (SSSR count). The monoisotopic (exact) mass is 397 g/mol. The molecule has 0 spiro atoms. The van der Waals surface area contributed by atoms with Gasteiger partial charge in [-0.05, 0) is 25.0 Å². The Morgan fingerprint density at radius 2 is 2.11 bits per heavy atom. The number of carbonyl (C=O) groups excluding carboxylic acids is 1. The molecule has 9 nitrogen and oxygen atoms in total. The van der Waals surface area contributed by atoms with E-state index >= 15 is 0 Å². The molecule has 1 fully saturated rings. The molecule has 0 unspecified atom stereocenters. The van der Waals surface area contributed by atoms with Gasteiger partial charge >= 0.3 is 0 Å². The van der Waals surface area contributed by atoms with Crippen LogP contribution in [0.5, 0.6) is 0 Å². The highest BCUT2D eigenvalue weighted by Crippen LogP contribution is 2.26. The number of piperidine rings is 1. The van der Waals surface area contributed by atoms with Crippen LogP contribution in [0.1, 0.15) is 41.0 Å². The Morgan fingerprint density at radius 1 is 1.37 bits per heavy atom. The van der Waals surface area contributed by atoms with E-state index in [2.05, 4.69) is 20.4 Å². The van der Waals surface area contributed by atoms with E-state index in [9.17, 15) is 17.6 Å². The topological polar surface area (TPSA) is 118 Å². The summed E-state index contributed by atoms with van der Waals surface area (Å²) in [7, 11) is -3.17. The molecule has 0 radical (unpaired) electrons. The summed E-state index contributed by atoms with van der Waals surface area (Å²) in [6.07, 6.45) is 3.81. The molecule has 0 bridgehead atoms. The largest absolute Gasteiger partial charge is 0.350 e. The fourth-order valence-electron chi connectivity index (χ4n) is 2.86. The molecule has 3 heterocycles. The fraction of sp³-hybridized carbons (Fsp3) is 0.500. The molecular formula is C16H20FN5O4S. The quantitative estimate of drug-likeness (QED) is 0.763. The van der Waals surface area contributed by atoms with Crippen LogP contribution in [0, 0.1) is 5.82 Å². The summed E-state index contributed by atoms with van der Waals surface area (Å²) in [5, 5.41) is 6.63. The van der Waals surface area contributed by atoms with Crippen LogP contribution < -0.4 is 5.32 Å². The lowest BCUT2D eigenvalue weighted by molar-refractivity contribution is 0.0948. The van der Waals surface area contributed by atoms with Crippen LogP contribution >= 0.6 is 0 Å². The Bertz CT molecular complexity index is 892. The summed E-state index contributed by atoms with van der Waals surface area (Å²) >= 11 is 0. The first-order valence-electron chi connectivity index (χ1n) is 8.50. The average Bonchev–Trinajstić information content (AvgIpc) is 3.10. The highest BCUT2D eigenvalue weighted by atomic mass is 32.2. The van der Waals surface area contributed by atoms with E-state index in [4.69, 9.17) is 4.52 Å². The number of sulfonamides is 1. The molecule has 2 aromatic heterocycles. The van der Waals surface area contributed by atoms with Gasteiger partial charge in [-0.1, -0.05) is 5.16 Å². The summed E-state index contributed by atoms with van der Waals surface area (Å²) in [5.74, 6) is 0.0845. The van der Waals surface area contributed by atoms with Gasteiger partial charge in [0.1, 0.15) is 11.5 Å². The molecule has 1 aliphatic heterocycles. The van der Waals surface area contributed by atoms with Crippen molar-refractivity contribution in [2.75, 3.05) is 25.9 Å². The predicted molar refractivity (Wildman–Crippen MR) is 92.9 cm³/mol. The van der Waals surface area contributed by atoms with Gasteiger partial charge in [0.25, 0.3) is 5.91 Å². The van der Waals surface area contributed by atoms with E-state index in [1.165, 1.54) is 22.7 Å². The maximum absolute atomic E-state index is 12.8. The normalized spacial score (nSPS) is 16.4. The van der Waals surface area contributed by atoms with Gasteiger partial charge in [0.05, 0.1) is 12.5 Å². The zero-order valence-electron chi connectivity index (χ0n) is 14.8. The van der Waals surface area contributed by atoms with Crippen LogP contribution in [0.3, 0.4) is 0 Å². The zero-order valence-corrected chi connectivity index (χ0v) is 15.6. The van der Waals surface area contributed by atoms with Crippen LogP contribution in [0.4, 0.5) is 4.39 Å². The molecule has 0 saturated carbocycles. The summed E-state index contributed by atoms with van der Waals surface area (Å²) in [5.41, 5.74) is 0.125. The summed E-state index contributed by atoms with van der Waals surface area (Å²) in [6.45, 7) is 1.15. The van der Waals surface area contributed by atoms with Crippen LogP contribution in [0.25, 0.3) is 0 Å². The number of carbonyl (C=O) groups is 1. The van der Waals surface area contributed by atoms with Gasteiger partial charge in [-0.15, -0.1) is 0 Å². The van der Waals surface area contributed by atoms with Gasteiger partial charge in [0.2, 0.25) is 15.9 Å². The van der Waals surface area contributed by atoms with Crippen molar-refractivity contribution in [2.24, 2.45) is 0 Å². The third-order valence-corrected chi connectivity index (χ3v) is 5.66. The van der Waals surface area contributed by atoms with Crippen molar-refractivity contribution in [1.82, 2.24) is 24.7 Å². The van der Waals surface area contributed by atoms with Crippen molar-refractivity contribution >= 4 is 15.9 Å². The van der Waals surface area contributed by atoms with Crippen LogP contribution in [-0.4, -0.2) is 59.6 Å². The summed E-state index contributed by atoms with van der Waals surface area (Å²) in [6, 6.07) is 2.47. The second-order valence-corrected chi connectivity index (χ2v) is 8.33. The number of aromatic nitrogens is 3. The lowest BCUT2D eigenvalue weighted by Crippen LogP contribution is -2.37. The van der Waals surface area contributed by atoms with Crippen molar-refractivity contribution in [1.29, 1.82) is 0 Å². The van der Waals surface area contributed by atoms with Gasteiger partial charge in [-0.2, -0.15) is 4.98 Å². The first-order valence-corrected chi connectivity index (χ1v) is 10.3. The third-order valence-electron chi connectivity index (χ3n) is 4.36. The minimum Gasteiger partial charge on any atom is -0.350 e. The Balaban J connectivity index is 1.47. The average molecular weight is 397 g/mol. The van der Waals surface area contributed by atoms with Gasteiger partial charge < -0.3 is 9.84 Å². The number of pyridine rings is 1. The maximum Gasteiger partial charge on any atom is 0.269 e. The third kappa shape index (κ3) is 5.07. The standard InChI is InChI=1S/C16H20FN5O4S/c1-27(24,25)22-8-5-11(6-9-22)15-20-14(26-21-15)4-7-18-16(23)13-3-2-12(17)10-19-13/h2-3,10-11H,4-9H2,1H3,(H,18,23). The van der Waals surface area contributed by atoms with Crippen LogP contribution in [0.15, 0.2) is 22.9 Å². The molecule has 1 N–H and O–H groups in total. The fourth-order valence-corrected chi connectivity index (χ4v) is 3.74. The smallest absolute Gasteiger partial charge is 0.269 e. The maximum atomic E-state index is 12.8. The van der Waals surface area contributed by atoms with E-state index in [1.54, 1.807) is 0 Å². The van der Waals surface area contributed by atoms with Crippen LogP contribution in [-0.2, 0) is 16.4 Å². The molecule has 1 saturated heterocycles. The Kier molecular flexibility index (Phi) is 5.80. The highest BCUT2D eigenvalue weighted by Gasteiger charge is 2.28. The van der Waals surface area contributed by atoms with Crippen molar-refractivity contribution in [2.45, 2.75) is 25.2 Å². The lowest BCUT2D eigenvalue weighted by atomic mass is 9.97. The molecule has 27 heavy (non-hydrogen) atoms. The number of nitrogens with one attached hydrogen (secondary N) is 1. The summed E-state index contributed by atoms with van der Waals surface area (Å²) < 4.78 is 42.5. The van der Waals surface area contributed by atoms with E-state index in [1.807, 2.05) is 0 Å². The summed E-state index contributed by atoms with van der Waals surface area (Å²) in [4.78, 5) is 19.9. The first kappa shape index (κ1) is 19.4. The van der Waals surface area contributed by atoms with Gasteiger partial charge in [-0.3, -0.25) is 4.79 Å². The van der Waals surface area contributed by atoms with E-state index < -0.39 is 21.7 Å². The minimum absolute atomic E-state index is 0.0542. The molecule has 1 amide bonds. The minimum atomic E-state index is -3.17. The number of rotatable bonds is 6. The van der Waals surface area contributed by atoms with Crippen LogP contribution in [0.2, 0.25) is 0 Å². The van der Waals surface area contributed by atoms with E-state index in [-0.39, 0.29) is 18.2 Å². The second kappa shape index (κ2) is 8.09. The van der Waals surface area contributed by atoms with Gasteiger partial charge in [-0.25, -0.2) is 22.1 Å². The second-order valence-electron chi connectivity index (χ2n) is 6.35. The Hall–Kier alpha value is -2.40. The SMILES string of the molecule is CS(=O)(=O)N1CCC(c2noc(CCNC(=O)c3ccc(F)cn3)n2)CC1. The van der Waals surface area contributed by atoms with E-state index in [0.717, 1.165) is 6.20 Å². The van der Waals surface area contributed by atoms with Gasteiger partial charge in [0, 0.05) is 32.0 Å². The predicted octanol–water partition coefficient (Wildman–Crippen LogP) is 0.715. The van der Waals surface area contributed by atoms with Crippen molar-refractivity contribution in [3.63, 3.8) is 0 Å². The number of hydrogen-bond acceptors (Lipinski definition) is 7. The molecule has 0 atom stereocenters.